The molecule has 0 aliphatic heterocycles. The summed E-state index contributed by atoms with van der Waals surface area (Å²) in [5, 5.41) is 11.1. The summed E-state index contributed by atoms with van der Waals surface area (Å²) in [6.07, 6.45) is 9.47. The zero-order valence-electron chi connectivity index (χ0n) is 14.4. The minimum absolute atomic E-state index is 0.299. The van der Waals surface area contributed by atoms with E-state index in [4.69, 9.17) is 0 Å². The van der Waals surface area contributed by atoms with Crippen molar-refractivity contribution in [2.45, 2.75) is 77.0 Å². The minimum atomic E-state index is 0.299. The van der Waals surface area contributed by atoms with E-state index in [9.17, 15) is 5.11 Å². The summed E-state index contributed by atoms with van der Waals surface area (Å²) < 4.78 is 0. The van der Waals surface area contributed by atoms with Crippen LogP contribution in [0.5, 0.6) is 5.75 Å². The lowest BCUT2D eigenvalue weighted by molar-refractivity contribution is -0.00622. The first-order valence-electron chi connectivity index (χ1n) is 9.34. The van der Waals surface area contributed by atoms with Crippen LogP contribution in [0.15, 0.2) is 12.1 Å². The third-order valence-corrected chi connectivity index (χ3v) is 7.04. The van der Waals surface area contributed by atoms with Crippen LogP contribution in [0.4, 0.5) is 0 Å². The molecule has 120 valence electrons. The molecule has 4 bridgehead atoms. The second-order valence-corrected chi connectivity index (χ2v) is 8.76. The van der Waals surface area contributed by atoms with Crippen LogP contribution < -0.4 is 0 Å². The Balaban J connectivity index is 1.81. The molecule has 0 aromatic heterocycles. The first-order chi connectivity index (χ1) is 10.5. The van der Waals surface area contributed by atoms with Gasteiger partial charge in [0.25, 0.3) is 0 Å². The van der Waals surface area contributed by atoms with Gasteiger partial charge in [-0.15, -0.1) is 0 Å². The molecule has 0 amide bonds. The van der Waals surface area contributed by atoms with Gasteiger partial charge in [-0.2, -0.15) is 0 Å². The maximum atomic E-state index is 11.1. The molecular formula is C21H30O. The molecule has 1 nitrogen and oxygen atoms in total. The van der Waals surface area contributed by atoms with Gasteiger partial charge in [-0.05, 0) is 86.5 Å². The van der Waals surface area contributed by atoms with Crippen LogP contribution in [0.25, 0.3) is 0 Å². The predicted molar refractivity (Wildman–Crippen MR) is 91.4 cm³/mol. The highest BCUT2D eigenvalue weighted by atomic mass is 16.3. The lowest BCUT2D eigenvalue weighted by Gasteiger charge is -2.57. The molecule has 0 saturated heterocycles. The van der Waals surface area contributed by atoms with E-state index in [0.717, 1.165) is 24.2 Å². The quantitative estimate of drug-likeness (QED) is 0.761. The molecule has 1 unspecified atom stereocenters. The monoisotopic (exact) mass is 298 g/mol. The number of rotatable bonds is 3. The van der Waals surface area contributed by atoms with E-state index in [1.165, 1.54) is 55.2 Å². The van der Waals surface area contributed by atoms with Crippen LogP contribution in [-0.2, 0) is 5.41 Å². The van der Waals surface area contributed by atoms with E-state index in [-0.39, 0.29) is 0 Å². The molecule has 1 heteroatoms. The van der Waals surface area contributed by atoms with Crippen LogP contribution in [0.3, 0.4) is 0 Å². The highest BCUT2D eigenvalue weighted by molar-refractivity contribution is 5.50. The fraction of sp³-hybridized carbons (Fsp3) is 0.714. The molecule has 5 rings (SSSR count). The lowest BCUT2D eigenvalue weighted by atomic mass is 9.48. The topological polar surface area (TPSA) is 20.2 Å². The molecule has 1 aromatic carbocycles. The summed E-state index contributed by atoms with van der Waals surface area (Å²) in [5.41, 5.74) is 4.13. The number of phenolic OH excluding ortho intramolecular Hbond substituents is 1. The van der Waals surface area contributed by atoms with Gasteiger partial charge in [-0.3, -0.25) is 0 Å². The van der Waals surface area contributed by atoms with E-state index < -0.39 is 0 Å². The molecule has 0 spiro atoms. The Morgan fingerprint density at radius 2 is 1.64 bits per heavy atom. The van der Waals surface area contributed by atoms with Crippen molar-refractivity contribution in [3.63, 3.8) is 0 Å². The standard InChI is InChI=1S/C21H30O/c1-4-14(3)18-5-13(2)6-19(20(18)22)21-10-15-7-16(11-21)9-17(8-15)12-21/h5-6,14-17,22H,4,7-12H2,1-3H3. The molecule has 1 N–H and O–H groups in total. The van der Waals surface area contributed by atoms with Gasteiger partial charge in [-0.25, -0.2) is 0 Å². The van der Waals surface area contributed by atoms with Gasteiger partial charge < -0.3 is 5.11 Å². The summed E-state index contributed by atoms with van der Waals surface area (Å²) in [5.74, 6) is 3.88. The van der Waals surface area contributed by atoms with Gasteiger partial charge >= 0.3 is 0 Å². The van der Waals surface area contributed by atoms with E-state index in [0.29, 0.717) is 17.1 Å². The smallest absolute Gasteiger partial charge is 0.122 e. The summed E-state index contributed by atoms with van der Waals surface area (Å²) in [6, 6.07) is 4.53. The minimum Gasteiger partial charge on any atom is -0.507 e. The van der Waals surface area contributed by atoms with Gasteiger partial charge in [0.05, 0.1) is 0 Å². The average Bonchev–Trinajstić information content (AvgIpc) is 2.47. The Bertz CT molecular complexity index is 551. The zero-order valence-corrected chi connectivity index (χ0v) is 14.4. The Morgan fingerprint density at radius 3 is 2.14 bits per heavy atom. The van der Waals surface area contributed by atoms with E-state index in [2.05, 4.69) is 32.9 Å². The van der Waals surface area contributed by atoms with Crippen LogP contribution in [0, 0.1) is 24.7 Å². The van der Waals surface area contributed by atoms with Crippen molar-refractivity contribution < 1.29 is 5.11 Å². The zero-order chi connectivity index (χ0) is 15.5. The average molecular weight is 298 g/mol. The Morgan fingerprint density at radius 1 is 1.09 bits per heavy atom. The number of hydrogen-bond donors (Lipinski definition) is 1. The van der Waals surface area contributed by atoms with Gasteiger partial charge in [0, 0.05) is 5.56 Å². The number of aryl methyl sites for hydroxylation is 1. The third kappa shape index (κ3) is 2.12. The van der Waals surface area contributed by atoms with Crippen molar-refractivity contribution >= 4 is 0 Å². The van der Waals surface area contributed by atoms with E-state index in [1.54, 1.807) is 0 Å². The first-order valence-corrected chi connectivity index (χ1v) is 9.34. The van der Waals surface area contributed by atoms with Crippen LogP contribution in [0.1, 0.15) is 81.4 Å². The fourth-order valence-electron chi connectivity index (χ4n) is 6.25. The van der Waals surface area contributed by atoms with Gasteiger partial charge in [0.15, 0.2) is 0 Å². The highest BCUT2D eigenvalue weighted by Crippen LogP contribution is 2.62. The number of hydrogen-bond acceptors (Lipinski definition) is 1. The normalized spacial score (nSPS) is 37.5. The molecule has 0 heterocycles. The van der Waals surface area contributed by atoms with Crippen molar-refractivity contribution in [3.8, 4) is 5.75 Å². The largest absolute Gasteiger partial charge is 0.507 e. The molecule has 4 fully saturated rings. The van der Waals surface area contributed by atoms with Gasteiger partial charge in [0.2, 0.25) is 0 Å². The third-order valence-electron chi connectivity index (χ3n) is 7.04. The number of phenols is 1. The second kappa shape index (κ2) is 5.01. The summed E-state index contributed by atoms with van der Waals surface area (Å²) in [6.45, 7) is 6.67. The molecule has 0 radical (unpaired) electrons. The SMILES string of the molecule is CCC(C)c1cc(C)cc(C23CC4CC(CC(C4)C2)C3)c1O. The molecule has 1 aromatic rings. The summed E-state index contributed by atoms with van der Waals surface area (Å²) in [7, 11) is 0. The van der Waals surface area contributed by atoms with Gasteiger partial charge in [-0.1, -0.05) is 31.5 Å². The molecule has 4 aliphatic rings. The maximum Gasteiger partial charge on any atom is 0.122 e. The molecule has 22 heavy (non-hydrogen) atoms. The number of benzene rings is 1. The van der Waals surface area contributed by atoms with Crippen LogP contribution in [0.2, 0.25) is 0 Å². The maximum absolute atomic E-state index is 11.1. The Labute approximate surface area is 135 Å². The molecule has 4 aliphatic carbocycles. The van der Waals surface area contributed by atoms with Crippen LogP contribution >= 0.6 is 0 Å². The Kier molecular flexibility index (Phi) is 3.33. The molecular weight excluding hydrogens is 268 g/mol. The lowest BCUT2D eigenvalue weighted by Crippen LogP contribution is -2.48. The van der Waals surface area contributed by atoms with Crippen molar-refractivity contribution in [1.82, 2.24) is 0 Å². The van der Waals surface area contributed by atoms with Crippen LogP contribution in [-0.4, -0.2) is 5.11 Å². The second-order valence-electron chi connectivity index (χ2n) is 8.76. The number of aromatic hydroxyl groups is 1. The first kappa shape index (κ1) is 14.6. The molecule has 4 saturated carbocycles. The van der Waals surface area contributed by atoms with E-state index >= 15 is 0 Å². The predicted octanol–water partition coefficient (Wildman–Crippen LogP) is 5.68. The molecule has 1 atom stereocenters. The summed E-state index contributed by atoms with van der Waals surface area (Å²) in [4.78, 5) is 0. The van der Waals surface area contributed by atoms with Crippen molar-refractivity contribution in [3.05, 3.63) is 28.8 Å². The highest BCUT2D eigenvalue weighted by Gasteiger charge is 2.52. The summed E-state index contributed by atoms with van der Waals surface area (Å²) >= 11 is 0. The Hall–Kier alpha value is -0.980. The van der Waals surface area contributed by atoms with Gasteiger partial charge in [0.1, 0.15) is 5.75 Å². The fourth-order valence-corrected chi connectivity index (χ4v) is 6.25. The van der Waals surface area contributed by atoms with Crippen molar-refractivity contribution in [2.24, 2.45) is 17.8 Å². The van der Waals surface area contributed by atoms with Crippen molar-refractivity contribution in [2.75, 3.05) is 0 Å². The van der Waals surface area contributed by atoms with Crippen molar-refractivity contribution in [1.29, 1.82) is 0 Å². The van der Waals surface area contributed by atoms with E-state index in [1.807, 2.05) is 0 Å².